The number of rotatable bonds is 4. The second-order valence-electron chi connectivity index (χ2n) is 10.2. The minimum absolute atomic E-state index is 0.00742. The van der Waals surface area contributed by atoms with Crippen LogP contribution in [0.5, 0.6) is 11.5 Å². The third-order valence-electron chi connectivity index (χ3n) is 8.61. The molecule has 6 unspecified atom stereocenters. The molecule has 7 rings (SSSR count). The molecular formula is C26H21N3O7S2. The predicted molar refractivity (Wildman–Crippen MR) is 139 cm³/mol. The van der Waals surface area contributed by atoms with Crippen molar-refractivity contribution in [3.63, 3.8) is 0 Å². The second-order valence-corrected chi connectivity index (χ2v) is 12.4. The number of nitrogens with one attached hydrogen (secondary N) is 1. The normalized spacial score (nSPS) is 30.8. The minimum atomic E-state index is -0.518. The van der Waals surface area contributed by atoms with E-state index in [1.54, 1.807) is 23.9 Å². The fourth-order valence-electron chi connectivity index (χ4n) is 7.26. The molecule has 2 amide bonds. The lowest BCUT2D eigenvalue weighted by molar-refractivity contribution is -0.384. The van der Waals surface area contributed by atoms with Gasteiger partial charge < -0.3 is 14.8 Å². The number of phenolic OH excluding ortho intramolecular Hbond substituents is 1. The van der Waals surface area contributed by atoms with Crippen LogP contribution in [0.4, 0.5) is 11.4 Å². The number of carbonyl (C=O) groups excluding carboxylic acids is 2. The highest BCUT2D eigenvalue weighted by molar-refractivity contribution is 8.00. The molecule has 2 saturated carbocycles. The number of hydrogen-bond acceptors (Lipinski definition) is 9. The number of anilines is 1. The van der Waals surface area contributed by atoms with Crippen molar-refractivity contribution in [3.05, 3.63) is 72.7 Å². The van der Waals surface area contributed by atoms with Gasteiger partial charge in [-0.3, -0.25) is 29.4 Å². The van der Waals surface area contributed by atoms with Crippen molar-refractivity contribution in [2.24, 2.45) is 29.6 Å². The number of aromatic nitrogens is 1. The molecule has 2 bridgehead atoms. The van der Waals surface area contributed by atoms with Gasteiger partial charge in [-0.15, -0.1) is 11.8 Å². The van der Waals surface area contributed by atoms with Gasteiger partial charge in [0.1, 0.15) is 0 Å². The summed E-state index contributed by atoms with van der Waals surface area (Å²) < 4.78 is 5.36. The Morgan fingerprint density at radius 3 is 2.47 bits per heavy atom. The van der Waals surface area contributed by atoms with Gasteiger partial charge in [0.15, 0.2) is 11.5 Å². The van der Waals surface area contributed by atoms with E-state index in [0.29, 0.717) is 11.4 Å². The van der Waals surface area contributed by atoms with Crippen LogP contribution in [0.2, 0.25) is 0 Å². The van der Waals surface area contributed by atoms with Crippen LogP contribution in [0.15, 0.2) is 52.3 Å². The molecule has 194 valence electrons. The van der Waals surface area contributed by atoms with Crippen molar-refractivity contribution in [1.29, 1.82) is 0 Å². The van der Waals surface area contributed by atoms with Crippen molar-refractivity contribution < 1.29 is 24.4 Å². The van der Waals surface area contributed by atoms with Crippen molar-refractivity contribution in [1.82, 2.24) is 4.98 Å². The van der Waals surface area contributed by atoms with E-state index < -0.39 is 16.8 Å². The topological polar surface area (TPSA) is 143 Å². The molecule has 2 N–H and O–H groups in total. The van der Waals surface area contributed by atoms with E-state index in [1.165, 1.54) is 36.3 Å². The first-order valence-electron chi connectivity index (χ1n) is 12.2. The molecule has 0 radical (unpaired) electrons. The Labute approximate surface area is 223 Å². The summed E-state index contributed by atoms with van der Waals surface area (Å²) in [7, 11) is 1.48. The first-order valence-corrected chi connectivity index (χ1v) is 13.9. The molecule has 1 saturated heterocycles. The molecule has 2 aliphatic carbocycles. The average molecular weight is 552 g/mol. The van der Waals surface area contributed by atoms with Crippen LogP contribution in [0.3, 0.4) is 0 Å². The van der Waals surface area contributed by atoms with Crippen LogP contribution in [0.1, 0.15) is 22.8 Å². The summed E-state index contributed by atoms with van der Waals surface area (Å²) in [6.45, 7) is 0. The molecular weight excluding hydrogens is 530 g/mol. The maximum absolute atomic E-state index is 13.8. The van der Waals surface area contributed by atoms with E-state index in [-0.39, 0.29) is 57.0 Å². The van der Waals surface area contributed by atoms with Crippen LogP contribution in [0, 0.1) is 39.7 Å². The lowest BCUT2D eigenvalue weighted by Crippen LogP contribution is -2.42. The Morgan fingerprint density at radius 2 is 1.79 bits per heavy atom. The number of methoxy groups -OCH3 is 1. The number of aromatic hydroxyl groups is 1. The third kappa shape index (κ3) is 3.10. The Balaban J connectivity index is 1.30. The van der Waals surface area contributed by atoms with Gasteiger partial charge in [0, 0.05) is 28.2 Å². The monoisotopic (exact) mass is 551 g/mol. The van der Waals surface area contributed by atoms with Crippen molar-refractivity contribution in [2.45, 2.75) is 22.6 Å². The van der Waals surface area contributed by atoms with E-state index >= 15 is 0 Å². The number of phenols is 1. The largest absolute Gasteiger partial charge is 0.504 e. The molecule has 2 aliphatic heterocycles. The Kier molecular flexibility index (Phi) is 5.05. The number of non-ortho nitro benzene ring substituents is 1. The van der Waals surface area contributed by atoms with Gasteiger partial charge in [0.25, 0.3) is 5.69 Å². The lowest BCUT2D eigenvalue weighted by Gasteiger charge is -2.43. The van der Waals surface area contributed by atoms with Crippen LogP contribution in [0.25, 0.3) is 0 Å². The first-order chi connectivity index (χ1) is 18.3. The number of ether oxygens (including phenoxy) is 1. The number of benzene rings is 2. The summed E-state index contributed by atoms with van der Waals surface area (Å²) in [6.07, 6.45) is 0.744. The maximum Gasteiger partial charge on any atom is 0.305 e. The molecule has 12 heteroatoms. The van der Waals surface area contributed by atoms with Crippen molar-refractivity contribution in [2.75, 3.05) is 12.0 Å². The lowest BCUT2D eigenvalue weighted by atomic mass is 9.68. The number of imide groups is 1. The van der Waals surface area contributed by atoms with Gasteiger partial charge in [-0.2, -0.15) is 0 Å². The zero-order valence-corrected chi connectivity index (χ0v) is 21.5. The summed E-state index contributed by atoms with van der Waals surface area (Å²) >= 11 is 2.76. The number of carbonyl (C=O) groups is 2. The van der Waals surface area contributed by atoms with Crippen LogP contribution in [-0.2, 0) is 9.59 Å². The number of amides is 2. The third-order valence-corrected chi connectivity index (χ3v) is 11.2. The standard InChI is InChI=1S/C26H21N3O7S2/c1-36-16-8-10(2-7-15(16)30)17-18-13-9-14(21(18)37-23-22(17)38-26(33)27-23)20-19(13)24(31)28(25(20)32)11-3-5-12(6-4-11)29(34)35/h2-8,13-14,17-21,30H,9H2,1H3,(H,27,33)/t13?,14?,17-,18?,19?,20?,21?/m1/s1. The number of thiazole rings is 1. The van der Waals surface area contributed by atoms with Gasteiger partial charge >= 0.3 is 4.87 Å². The second kappa shape index (κ2) is 8.18. The fraction of sp³-hybridized carbons (Fsp3) is 0.346. The summed E-state index contributed by atoms with van der Waals surface area (Å²) in [5.74, 6) is -1.41. The molecule has 0 spiro atoms. The van der Waals surface area contributed by atoms with E-state index in [2.05, 4.69) is 4.98 Å². The van der Waals surface area contributed by atoms with Crippen LogP contribution >= 0.6 is 23.1 Å². The number of nitro groups is 1. The molecule has 2 aromatic carbocycles. The van der Waals surface area contributed by atoms with Crippen LogP contribution < -0.4 is 14.5 Å². The average Bonchev–Trinajstić information content (AvgIpc) is 3.63. The highest BCUT2D eigenvalue weighted by atomic mass is 32.2. The SMILES string of the molecule is COc1cc([C@H]2c3sc(=O)[nH]c3SC3C4CC(C5C(=O)N(c6ccc([N+](=O)[O-])cc6)C(=O)C45)C32)ccc1O. The zero-order chi connectivity index (χ0) is 26.5. The van der Waals surface area contributed by atoms with Gasteiger partial charge in [-0.1, -0.05) is 17.4 Å². The number of hydrogen-bond donors (Lipinski definition) is 2. The summed E-state index contributed by atoms with van der Waals surface area (Å²) in [5, 5.41) is 22.1. The number of H-pyrrole nitrogens is 1. The van der Waals surface area contributed by atoms with Gasteiger partial charge in [0.05, 0.1) is 34.6 Å². The van der Waals surface area contributed by atoms with E-state index in [9.17, 15) is 29.6 Å². The van der Waals surface area contributed by atoms with Crippen LogP contribution in [-0.4, -0.2) is 39.2 Å². The Morgan fingerprint density at radius 1 is 1.08 bits per heavy atom. The smallest absolute Gasteiger partial charge is 0.305 e. The molecule has 4 aliphatic rings. The van der Waals surface area contributed by atoms with E-state index in [0.717, 1.165) is 33.2 Å². The number of nitro benzene ring substituents is 1. The number of fused-ring (bicyclic) bond motifs is 9. The molecule has 7 atom stereocenters. The molecule has 3 heterocycles. The fourth-order valence-corrected chi connectivity index (χ4v) is 10.1. The van der Waals surface area contributed by atoms with Crippen molar-refractivity contribution in [3.8, 4) is 11.5 Å². The molecule has 3 aromatic rings. The van der Waals surface area contributed by atoms with Crippen molar-refractivity contribution >= 4 is 46.3 Å². The molecule has 1 aromatic heterocycles. The summed E-state index contributed by atoms with van der Waals surface area (Å²) in [6, 6.07) is 10.7. The van der Waals surface area contributed by atoms with E-state index in [4.69, 9.17) is 4.74 Å². The Hall–Kier alpha value is -3.64. The predicted octanol–water partition coefficient (Wildman–Crippen LogP) is 3.74. The highest BCUT2D eigenvalue weighted by Crippen LogP contribution is 2.68. The number of aromatic amines is 1. The molecule has 10 nitrogen and oxygen atoms in total. The number of thioether (sulfide) groups is 1. The summed E-state index contributed by atoms with van der Waals surface area (Å²) in [4.78, 5) is 55.3. The summed E-state index contributed by atoms with van der Waals surface area (Å²) in [5.41, 5.74) is 1.13. The zero-order valence-electron chi connectivity index (χ0n) is 19.9. The number of nitrogens with zero attached hydrogens (tertiary/aromatic N) is 2. The minimum Gasteiger partial charge on any atom is -0.504 e. The maximum atomic E-state index is 13.8. The first kappa shape index (κ1) is 23.5. The highest BCUT2D eigenvalue weighted by Gasteiger charge is 2.69. The quantitative estimate of drug-likeness (QED) is 0.284. The van der Waals surface area contributed by atoms with E-state index in [1.807, 2.05) is 6.07 Å². The molecule has 38 heavy (non-hydrogen) atoms. The van der Waals surface area contributed by atoms with Gasteiger partial charge in [0.2, 0.25) is 11.8 Å². The Bertz CT molecular complexity index is 1580. The van der Waals surface area contributed by atoms with Gasteiger partial charge in [-0.05, 0) is 54.0 Å². The van der Waals surface area contributed by atoms with Gasteiger partial charge in [-0.25, -0.2) is 0 Å². The molecule has 3 fully saturated rings.